The number of nitrogens with one attached hydrogen (secondary N) is 1. The molecule has 3 aliphatic rings. The van der Waals surface area contributed by atoms with Gasteiger partial charge in [0.25, 0.3) is 0 Å². The third-order valence-corrected chi connectivity index (χ3v) is 7.73. The standard InChI is InChI=1S/C29H26N6/c1-27(14-12-21-8-4-2-5-9-21)19-28(15-13-22-10-6-3-7-11-22)24(18-32)25(34)29(27,20-33)26(35-28)23(16-30)17-31/h2-11,35H,12-15,19,34H2,1H3/t27-,28-,29+/m1/s1. The second-order valence-electron chi connectivity index (χ2n) is 9.65. The van der Waals surface area contributed by atoms with Crippen LogP contribution in [0.2, 0.25) is 0 Å². The molecule has 172 valence electrons. The van der Waals surface area contributed by atoms with E-state index in [2.05, 4.69) is 17.5 Å². The summed E-state index contributed by atoms with van der Waals surface area (Å²) < 4.78 is 0. The van der Waals surface area contributed by atoms with Crippen molar-refractivity contribution in [2.75, 3.05) is 0 Å². The average molecular weight is 459 g/mol. The smallest absolute Gasteiger partial charge is 0.150 e. The number of allylic oxidation sites excluding steroid dienone is 1. The molecule has 2 aromatic carbocycles. The van der Waals surface area contributed by atoms with Crippen LogP contribution in [0.3, 0.4) is 0 Å². The van der Waals surface area contributed by atoms with Crippen molar-refractivity contribution in [1.82, 2.24) is 5.32 Å². The molecule has 35 heavy (non-hydrogen) atoms. The molecule has 0 aromatic heterocycles. The summed E-state index contributed by atoms with van der Waals surface area (Å²) in [6.45, 7) is 2.00. The molecule has 5 rings (SSSR count). The molecular formula is C29H26N6. The Hall–Kier alpha value is -4.52. The summed E-state index contributed by atoms with van der Waals surface area (Å²) in [4.78, 5) is 0. The van der Waals surface area contributed by atoms with Crippen molar-refractivity contribution in [1.29, 1.82) is 21.0 Å². The summed E-state index contributed by atoms with van der Waals surface area (Å²) in [5.74, 6) is 0. The van der Waals surface area contributed by atoms with Crippen LogP contribution in [0.15, 0.2) is 83.2 Å². The summed E-state index contributed by atoms with van der Waals surface area (Å²) in [5.41, 5.74) is 6.44. The topological polar surface area (TPSA) is 133 Å². The first-order chi connectivity index (χ1) is 16.9. The fourth-order valence-electron chi connectivity index (χ4n) is 5.96. The largest absolute Gasteiger partial charge is 0.400 e. The second-order valence-corrected chi connectivity index (χ2v) is 9.65. The van der Waals surface area contributed by atoms with Gasteiger partial charge in [-0.3, -0.25) is 0 Å². The first kappa shape index (κ1) is 23.6. The number of rotatable bonds is 6. The molecule has 0 saturated carbocycles. The maximum atomic E-state index is 10.6. The normalized spacial score (nSPS) is 26.6. The van der Waals surface area contributed by atoms with Crippen LogP contribution in [0.25, 0.3) is 0 Å². The highest BCUT2D eigenvalue weighted by Gasteiger charge is 2.67. The summed E-state index contributed by atoms with van der Waals surface area (Å²) in [6, 6.07) is 28.5. The number of nitrogens with zero attached hydrogens (tertiary/aromatic N) is 4. The molecule has 3 atom stereocenters. The van der Waals surface area contributed by atoms with Gasteiger partial charge in [0.2, 0.25) is 0 Å². The van der Waals surface area contributed by atoms with E-state index in [1.165, 1.54) is 0 Å². The lowest BCUT2D eigenvalue weighted by Gasteiger charge is -2.61. The maximum Gasteiger partial charge on any atom is 0.150 e. The summed E-state index contributed by atoms with van der Waals surface area (Å²) >= 11 is 0. The minimum atomic E-state index is -1.47. The highest BCUT2D eigenvalue weighted by Crippen LogP contribution is 2.64. The van der Waals surface area contributed by atoms with Gasteiger partial charge in [-0.15, -0.1) is 0 Å². The van der Waals surface area contributed by atoms with E-state index in [0.29, 0.717) is 37.7 Å². The minimum Gasteiger partial charge on any atom is -0.400 e. The van der Waals surface area contributed by atoms with Gasteiger partial charge in [0.05, 0.1) is 34.6 Å². The molecule has 3 N–H and O–H groups in total. The van der Waals surface area contributed by atoms with Gasteiger partial charge in [-0.1, -0.05) is 67.6 Å². The quantitative estimate of drug-likeness (QED) is 0.610. The van der Waals surface area contributed by atoms with Crippen LogP contribution in [0, 0.1) is 56.2 Å². The molecule has 1 aliphatic carbocycles. The van der Waals surface area contributed by atoms with Gasteiger partial charge in [-0.25, -0.2) is 0 Å². The van der Waals surface area contributed by atoms with Crippen LogP contribution >= 0.6 is 0 Å². The second kappa shape index (κ2) is 9.02. The van der Waals surface area contributed by atoms with Crippen molar-refractivity contribution in [3.05, 3.63) is 94.3 Å². The number of benzene rings is 2. The van der Waals surface area contributed by atoms with E-state index < -0.39 is 16.4 Å². The lowest BCUT2D eigenvalue weighted by molar-refractivity contribution is 0.0387. The molecule has 0 amide bonds. The Morgan fingerprint density at radius 2 is 1.43 bits per heavy atom. The zero-order valence-electron chi connectivity index (χ0n) is 19.7. The number of nitriles is 4. The zero-order chi connectivity index (χ0) is 25.1. The predicted octanol–water partition coefficient (Wildman–Crippen LogP) is 4.55. The van der Waals surface area contributed by atoms with E-state index in [4.69, 9.17) is 5.73 Å². The highest BCUT2D eigenvalue weighted by atomic mass is 15.1. The van der Waals surface area contributed by atoms with Gasteiger partial charge in [-0.05, 0) is 43.2 Å². The van der Waals surface area contributed by atoms with Crippen LogP contribution in [0.4, 0.5) is 0 Å². The lowest BCUT2D eigenvalue weighted by atomic mass is 9.46. The van der Waals surface area contributed by atoms with Crippen molar-refractivity contribution in [3.8, 4) is 24.3 Å². The molecule has 2 aromatic rings. The number of aryl methyl sites for hydroxylation is 2. The molecule has 0 radical (unpaired) electrons. The molecule has 2 heterocycles. The molecule has 6 heteroatoms. The first-order valence-electron chi connectivity index (χ1n) is 11.6. The molecule has 1 saturated heterocycles. The van der Waals surface area contributed by atoms with Gasteiger partial charge >= 0.3 is 0 Å². The first-order valence-corrected chi connectivity index (χ1v) is 11.6. The molecule has 2 aliphatic heterocycles. The summed E-state index contributed by atoms with van der Waals surface area (Å²) in [5, 5.41) is 43.8. The minimum absolute atomic E-state index is 0.161. The highest BCUT2D eigenvalue weighted by molar-refractivity contribution is 5.61. The average Bonchev–Trinajstić information content (AvgIpc) is 2.89. The molecule has 0 spiro atoms. The van der Waals surface area contributed by atoms with Gasteiger partial charge in [0.1, 0.15) is 17.6 Å². The number of nitrogens with two attached hydrogens (primary N) is 1. The molecule has 6 nitrogen and oxygen atoms in total. The van der Waals surface area contributed by atoms with E-state index in [1.807, 2.05) is 79.7 Å². The number of hydrogen-bond acceptors (Lipinski definition) is 6. The molecule has 0 unspecified atom stereocenters. The van der Waals surface area contributed by atoms with Gasteiger partial charge < -0.3 is 11.1 Å². The van der Waals surface area contributed by atoms with E-state index >= 15 is 0 Å². The van der Waals surface area contributed by atoms with Crippen molar-refractivity contribution in [2.45, 2.75) is 44.6 Å². The molecule has 1 fully saturated rings. The Morgan fingerprint density at radius 3 is 1.91 bits per heavy atom. The third-order valence-electron chi connectivity index (χ3n) is 7.73. The molecule has 2 bridgehead atoms. The summed E-state index contributed by atoms with van der Waals surface area (Å²) in [6.07, 6.45) is 3.00. The Kier molecular flexibility index (Phi) is 6.09. The van der Waals surface area contributed by atoms with Crippen molar-refractivity contribution < 1.29 is 0 Å². The monoisotopic (exact) mass is 458 g/mol. The lowest BCUT2D eigenvalue weighted by Crippen LogP contribution is -2.68. The van der Waals surface area contributed by atoms with Crippen LogP contribution < -0.4 is 11.1 Å². The van der Waals surface area contributed by atoms with Crippen molar-refractivity contribution >= 4 is 0 Å². The third kappa shape index (κ3) is 3.61. The summed E-state index contributed by atoms with van der Waals surface area (Å²) in [7, 11) is 0. The van der Waals surface area contributed by atoms with Crippen LogP contribution in [0.1, 0.15) is 37.3 Å². The van der Waals surface area contributed by atoms with E-state index in [1.54, 1.807) is 0 Å². The van der Waals surface area contributed by atoms with Gasteiger partial charge in [-0.2, -0.15) is 21.0 Å². The number of fused-ring (bicyclic) bond motifs is 2. The van der Waals surface area contributed by atoms with Crippen LogP contribution in [0.5, 0.6) is 0 Å². The Morgan fingerprint density at radius 1 is 0.886 bits per heavy atom. The van der Waals surface area contributed by atoms with Crippen LogP contribution in [-0.4, -0.2) is 5.54 Å². The Labute approximate surface area is 206 Å². The van der Waals surface area contributed by atoms with Crippen LogP contribution in [-0.2, 0) is 12.8 Å². The predicted molar refractivity (Wildman–Crippen MR) is 131 cm³/mol. The van der Waals surface area contributed by atoms with E-state index in [0.717, 1.165) is 11.1 Å². The SMILES string of the molecule is C[C@@]1(CCc2ccccc2)C[C@@]2(CCc3ccccc3)NC(=C(C#N)C#N)[C@]1(C#N)C(N)=C2C#N. The maximum absolute atomic E-state index is 10.6. The zero-order valence-corrected chi connectivity index (χ0v) is 19.7. The fraction of sp³-hybridized carbons (Fsp3) is 0.310. The number of hydrogen-bond donors (Lipinski definition) is 2. The molecular weight excluding hydrogens is 432 g/mol. The van der Waals surface area contributed by atoms with Crippen molar-refractivity contribution in [3.63, 3.8) is 0 Å². The Bertz CT molecular complexity index is 1350. The Balaban J connectivity index is 1.89. The van der Waals surface area contributed by atoms with Gasteiger partial charge in [0.15, 0.2) is 5.57 Å². The van der Waals surface area contributed by atoms with Crippen molar-refractivity contribution in [2.24, 2.45) is 16.6 Å². The van der Waals surface area contributed by atoms with Gasteiger partial charge in [0, 0.05) is 5.41 Å². The van der Waals surface area contributed by atoms with E-state index in [-0.39, 0.29) is 17.0 Å². The fourth-order valence-corrected chi connectivity index (χ4v) is 5.96. The van der Waals surface area contributed by atoms with E-state index in [9.17, 15) is 21.0 Å². The number of piperidine rings is 1.